The molecule has 8 nitrogen and oxygen atoms in total. The van der Waals surface area contributed by atoms with Crippen LogP contribution in [0.4, 0.5) is 10.1 Å². The topological polar surface area (TPSA) is 91.0 Å². The third kappa shape index (κ3) is 5.58. The van der Waals surface area contributed by atoms with Crippen molar-refractivity contribution in [3.63, 3.8) is 0 Å². The Morgan fingerprint density at radius 2 is 1.93 bits per heavy atom. The van der Waals surface area contributed by atoms with Crippen molar-refractivity contribution in [1.29, 1.82) is 0 Å². The second-order valence-corrected chi connectivity index (χ2v) is 14.1. The van der Waals surface area contributed by atoms with E-state index in [1.807, 2.05) is 12.2 Å². The molecular formula is C34H46ClFN4O4. The SMILES string of the molecule is CC[C@@H]1CCCCN1CCCN1C(=O)[C@@H]2[C@H](C(=O)Nc3ccc(F)c(Cl)c3)[C@@H]3C=C[C@@]2(O3)[C@@H]1C(=O)N[C@@H]1CCC[C@H](C)[C@@H]1C. The lowest BCUT2D eigenvalue weighted by Gasteiger charge is -2.38. The largest absolute Gasteiger partial charge is 0.359 e. The van der Waals surface area contributed by atoms with Crippen molar-refractivity contribution in [2.75, 3.05) is 25.0 Å². The number of nitrogens with one attached hydrogen (secondary N) is 2. The van der Waals surface area contributed by atoms with Crippen LogP contribution in [-0.4, -0.2) is 77.0 Å². The zero-order valence-corrected chi connectivity index (χ0v) is 26.8. The van der Waals surface area contributed by atoms with E-state index in [1.165, 1.54) is 37.5 Å². The van der Waals surface area contributed by atoms with E-state index < -0.39 is 41.3 Å². The average molecular weight is 629 g/mol. The predicted molar refractivity (Wildman–Crippen MR) is 167 cm³/mol. The van der Waals surface area contributed by atoms with Crippen molar-refractivity contribution in [3.8, 4) is 0 Å². The number of fused-ring (bicyclic) bond motifs is 1. The van der Waals surface area contributed by atoms with E-state index in [-0.39, 0.29) is 22.9 Å². The van der Waals surface area contributed by atoms with Gasteiger partial charge in [0, 0.05) is 30.9 Å². The van der Waals surface area contributed by atoms with Crippen LogP contribution in [0.3, 0.4) is 0 Å². The highest BCUT2D eigenvalue weighted by atomic mass is 35.5. The van der Waals surface area contributed by atoms with E-state index in [0.717, 1.165) is 45.2 Å². The maximum absolute atomic E-state index is 14.3. The number of rotatable bonds is 9. The molecule has 4 heterocycles. The summed E-state index contributed by atoms with van der Waals surface area (Å²) < 4.78 is 20.3. The smallest absolute Gasteiger partial charge is 0.246 e. The molecule has 10 heteroatoms. The second kappa shape index (κ2) is 12.7. The first kappa shape index (κ1) is 31.5. The third-order valence-electron chi connectivity index (χ3n) is 11.2. The molecule has 2 bridgehead atoms. The first-order valence-corrected chi connectivity index (χ1v) is 17.0. The van der Waals surface area contributed by atoms with Crippen molar-refractivity contribution in [1.82, 2.24) is 15.1 Å². The highest BCUT2D eigenvalue weighted by Gasteiger charge is 2.72. The molecule has 2 N–H and O–H groups in total. The number of piperidine rings is 1. The molecule has 6 rings (SSSR count). The number of hydrogen-bond acceptors (Lipinski definition) is 5. The molecule has 9 atom stereocenters. The van der Waals surface area contributed by atoms with Crippen LogP contribution in [0.1, 0.15) is 72.1 Å². The first-order chi connectivity index (χ1) is 21.1. The van der Waals surface area contributed by atoms with Gasteiger partial charge in [0.15, 0.2) is 0 Å². The van der Waals surface area contributed by atoms with Gasteiger partial charge in [0.2, 0.25) is 17.7 Å². The summed E-state index contributed by atoms with van der Waals surface area (Å²) in [5.41, 5.74) is -0.874. The normalized spacial score (nSPS) is 36.5. The van der Waals surface area contributed by atoms with Crippen LogP contribution in [-0.2, 0) is 19.1 Å². The molecule has 3 amide bonds. The molecule has 1 aromatic carbocycles. The number of carbonyl (C=O) groups excluding carboxylic acids is 3. The fourth-order valence-corrected chi connectivity index (χ4v) is 8.80. The summed E-state index contributed by atoms with van der Waals surface area (Å²) in [5, 5.41) is 6.04. The van der Waals surface area contributed by atoms with Gasteiger partial charge in [0.1, 0.15) is 17.5 Å². The minimum Gasteiger partial charge on any atom is -0.359 e. The van der Waals surface area contributed by atoms with Crippen LogP contribution in [0, 0.1) is 29.5 Å². The summed E-state index contributed by atoms with van der Waals surface area (Å²) >= 11 is 5.96. The summed E-state index contributed by atoms with van der Waals surface area (Å²) in [6.07, 6.45) is 11.6. The molecule has 240 valence electrons. The Bertz CT molecular complexity index is 1310. The Kier molecular flexibility index (Phi) is 9.10. The van der Waals surface area contributed by atoms with Crippen molar-refractivity contribution in [3.05, 3.63) is 41.2 Å². The van der Waals surface area contributed by atoms with Crippen LogP contribution in [0.25, 0.3) is 0 Å². The molecule has 1 saturated carbocycles. The molecule has 1 aromatic rings. The molecule has 4 aliphatic heterocycles. The zero-order valence-electron chi connectivity index (χ0n) is 26.1. The Morgan fingerprint density at radius 1 is 1.11 bits per heavy atom. The van der Waals surface area contributed by atoms with Crippen molar-refractivity contribution in [2.24, 2.45) is 23.7 Å². The fraction of sp³-hybridized carbons (Fsp3) is 0.676. The number of halogens is 2. The first-order valence-electron chi connectivity index (χ1n) is 16.6. The summed E-state index contributed by atoms with van der Waals surface area (Å²) in [6.45, 7) is 8.99. The molecule has 44 heavy (non-hydrogen) atoms. The minimum absolute atomic E-state index is 0.0298. The van der Waals surface area contributed by atoms with Gasteiger partial charge in [-0.3, -0.25) is 14.4 Å². The molecule has 4 fully saturated rings. The number of likely N-dealkylation sites (tertiary alicyclic amines) is 2. The Morgan fingerprint density at radius 3 is 2.70 bits per heavy atom. The van der Waals surface area contributed by atoms with Gasteiger partial charge in [-0.2, -0.15) is 0 Å². The van der Waals surface area contributed by atoms with E-state index in [0.29, 0.717) is 30.1 Å². The van der Waals surface area contributed by atoms with Crippen LogP contribution in [0.15, 0.2) is 30.4 Å². The quantitative estimate of drug-likeness (QED) is 0.369. The summed E-state index contributed by atoms with van der Waals surface area (Å²) in [7, 11) is 0. The van der Waals surface area contributed by atoms with Gasteiger partial charge < -0.3 is 25.2 Å². The Labute approximate surface area is 265 Å². The molecule has 0 unspecified atom stereocenters. The summed E-state index contributed by atoms with van der Waals surface area (Å²) in [6, 6.07) is 3.71. The molecule has 1 aliphatic carbocycles. The third-order valence-corrected chi connectivity index (χ3v) is 11.5. The van der Waals surface area contributed by atoms with Crippen LogP contribution < -0.4 is 10.6 Å². The van der Waals surface area contributed by atoms with Gasteiger partial charge in [-0.1, -0.05) is 63.8 Å². The van der Waals surface area contributed by atoms with Crippen molar-refractivity contribution < 1.29 is 23.5 Å². The second-order valence-electron chi connectivity index (χ2n) is 13.7. The highest BCUT2D eigenvalue weighted by Crippen LogP contribution is 2.55. The number of anilines is 1. The fourth-order valence-electron chi connectivity index (χ4n) is 8.62. The van der Waals surface area contributed by atoms with Crippen LogP contribution in [0.2, 0.25) is 5.02 Å². The monoisotopic (exact) mass is 628 g/mol. The van der Waals surface area contributed by atoms with Gasteiger partial charge in [-0.05, 0) is 68.7 Å². The zero-order chi connectivity index (χ0) is 31.2. The lowest BCUT2D eigenvalue weighted by Crippen LogP contribution is -2.58. The van der Waals surface area contributed by atoms with E-state index in [9.17, 15) is 18.8 Å². The van der Waals surface area contributed by atoms with E-state index >= 15 is 0 Å². The lowest BCUT2D eigenvalue weighted by atomic mass is 9.73. The highest BCUT2D eigenvalue weighted by molar-refractivity contribution is 6.31. The molecule has 0 radical (unpaired) electrons. The van der Waals surface area contributed by atoms with Crippen LogP contribution >= 0.6 is 11.6 Å². The number of amides is 3. The number of ether oxygens (including phenoxy) is 1. The lowest BCUT2D eigenvalue weighted by molar-refractivity contribution is -0.141. The predicted octanol–water partition coefficient (Wildman–Crippen LogP) is 5.16. The maximum Gasteiger partial charge on any atom is 0.246 e. The van der Waals surface area contributed by atoms with E-state index in [2.05, 4.69) is 36.3 Å². The van der Waals surface area contributed by atoms with Crippen molar-refractivity contribution in [2.45, 2.75) is 102 Å². The molecule has 5 aliphatic rings. The minimum atomic E-state index is -1.21. The number of benzene rings is 1. The van der Waals surface area contributed by atoms with E-state index in [1.54, 1.807) is 4.90 Å². The summed E-state index contributed by atoms with van der Waals surface area (Å²) in [5.74, 6) is -2.23. The Hall–Kier alpha value is -2.49. The molecular weight excluding hydrogens is 583 g/mol. The van der Waals surface area contributed by atoms with Gasteiger partial charge in [-0.25, -0.2) is 4.39 Å². The van der Waals surface area contributed by atoms with Gasteiger partial charge in [0.05, 0.1) is 23.0 Å². The molecule has 0 aromatic heterocycles. The maximum atomic E-state index is 14.3. The number of nitrogens with zero attached hydrogens (tertiary/aromatic N) is 2. The van der Waals surface area contributed by atoms with E-state index in [4.69, 9.17) is 16.3 Å². The van der Waals surface area contributed by atoms with Crippen molar-refractivity contribution >= 4 is 35.0 Å². The molecule has 3 saturated heterocycles. The van der Waals surface area contributed by atoms with Crippen LogP contribution in [0.5, 0.6) is 0 Å². The van der Waals surface area contributed by atoms with Gasteiger partial charge in [0.25, 0.3) is 0 Å². The number of hydrogen-bond donors (Lipinski definition) is 2. The van der Waals surface area contributed by atoms with Gasteiger partial charge in [-0.15, -0.1) is 0 Å². The van der Waals surface area contributed by atoms with Gasteiger partial charge >= 0.3 is 0 Å². The number of carbonyl (C=O) groups is 3. The molecule has 1 spiro atoms. The summed E-state index contributed by atoms with van der Waals surface area (Å²) in [4.78, 5) is 46.5. The standard InChI is InChI=1S/C34H46ClFN4O4/c1-4-23-10-5-6-16-39(23)17-8-18-40-30(32(42)38-26-11-7-9-20(2)21(26)3)34-15-14-27(44-34)28(29(34)33(40)43)31(41)37-22-12-13-25(36)24(35)19-22/h12-15,19-21,23,26-30H,4-11,16-18H2,1-3H3,(H,37,41)(H,38,42)/t20-,21-,23+,26+,27-,28+,29-,30-,34-/m0/s1. The Balaban J connectivity index is 1.25. The average Bonchev–Trinajstić information content (AvgIpc) is 3.65.